The molecule has 0 saturated carbocycles. The third-order valence-corrected chi connectivity index (χ3v) is 0.183. The van der Waals surface area contributed by atoms with Gasteiger partial charge in [-0.05, 0) is 0 Å². The summed E-state index contributed by atoms with van der Waals surface area (Å²) in [7, 11) is 0. The van der Waals surface area contributed by atoms with Crippen LogP contribution in [0.15, 0.2) is 0 Å². The van der Waals surface area contributed by atoms with Crippen molar-refractivity contribution >= 4 is 11.9 Å². The summed E-state index contributed by atoms with van der Waals surface area (Å²) in [6.07, 6.45) is 0. The quantitative estimate of drug-likeness (QED) is 0.495. The Kier molecular flexibility index (Phi) is 27.5. The number of hydrogen-bond donors (Lipinski definition) is 2. The van der Waals surface area contributed by atoms with E-state index in [9.17, 15) is 0 Å². The topological polar surface area (TPSA) is 108 Å². The van der Waals surface area contributed by atoms with Crippen molar-refractivity contribution in [1.29, 1.82) is 0 Å². The largest absolute Gasteiger partial charge is 2.00 e. The van der Waals surface area contributed by atoms with Gasteiger partial charge in [-0.3, -0.25) is 0 Å². The Hall–Kier alpha value is -0.412. The van der Waals surface area contributed by atoms with E-state index >= 15 is 0 Å². The maximum absolute atomic E-state index is 9.10. The van der Waals surface area contributed by atoms with E-state index in [0.717, 1.165) is 0 Å². The summed E-state index contributed by atoms with van der Waals surface area (Å²) in [5.41, 5.74) is 0. The summed E-state index contributed by atoms with van der Waals surface area (Å²) in [5.74, 6) is -3.65. The molecule has 0 aliphatic carbocycles. The van der Waals surface area contributed by atoms with Crippen LogP contribution in [0.25, 0.3) is 6.15 Å². The van der Waals surface area contributed by atoms with Gasteiger partial charge in [0.15, 0.2) is 0 Å². The molecule has 4 N–H and O–H groups in total. The molecule has 0 saturated heterocycles. The average Bonchev–Trinajstić information content (AvgIpc) is 1.36. The first-order valence-electron chi connectivity index (χ1n) is 1.11. The van der Waals surface area contributed by atoms with Crippen molar-refractivity contribution in [2.45, 2.75) is 0 Å². The molecule has 0 aromatic heterocycles. The molecule has 0 bridgehead atoms. The molecule has 9 heavy (non-hydrogen) atoms. The first kappa shape index (κ1) is 23.5. The van der Waals surface area contributed by atoms with Gasteiger partial charge in [-0.15, -0.1) is 0 Å². The van der Waals surface area contributed by atoms with Crippen molar-refractivity contribution in [2.75, 3.05) is 0 Å². The molecule has 0 radical (unpaired) electrons. The smallest absolute Gasteiger partial charge is 0.693 e. The number of hydrogen-bond acceptors (Lipinski definition) is 2. The maximum Gasteiger partial charge on any atom is 2.00 e. The molecular formula is C3H7NO4Pt. The summed E-state index contributed by atoms with van der Waals surface area (Å²) in [6.45, 7) is 0. The summed E-state index contributed by atoms with van der Waals surface area (Å²) in [4.78, 5) is 18.2. The zero-order chi connectivity index (χ0) is 5.15. The van der Waals surface area contributed by atoms with Crippen LogP contribution in [0, 0.1) is 7.43 Å². The van der Waals surface area contributed by atoms with Crippen LogP contribution in [0.1, 0.15) is 0 Å². The van der Waals surface area contributed by atoms with E-state index in [0.29, 0.717) is 0 Å². The molecule has 0 atom stereocenters. The van der Waals surface area contributed by atoms with Crippen LogP contribution >= 0.6 is 0 Å². The van der Waals surface area contributed by atoms with Crippen LogP contribution in [-0.4, -0.2) is 22.2 Å². The number of carboxylic acid groups (broad SMARTS) is 2. The van der Waals surface area contributed by atoms with Gasteiger partial charge in [0, 0.05) is 0 Å². The summed E-state index contributed by atoms with van der Waals surface area (Å²) in [5, 5.41) is 14.8. The summed E-state index contributed by atoms with van der Waals surface area (Å²) in [6, 6.07) is 0. The van der Waals surface area contributed by atoms with Gasteiger partial charge in [-0.2, -0.15) is 0 Å². The molecule has 0 heterocycles. The normalized spacial score (nSPS) is 4.89. The number of rotatable bonds is 0. The number of carbonyl (C=O) groups is 2. The van der Waals surface area contributed by atoms with Gasteiger partial charge in [-0.1, -0.05) is 0 Å². The zero-order valence-electron chi connectivity index (χ0n) is 4.60. The molecule has 0 aliphatic heterocycles. The maximum atomic E-state index is 9.10. The molecule has 0 amide bonds. The van der Waals surface area contributed by atoms with Crippen LogP contribution in [0.3, 0.4) is 0 Å². The Bertz CT molecular complexity index is 81.8. The Balaban J connectivity index is -0.0000000417. The van der Waals surface area contributed by atoms with Crippen LogP contribution in [0.4, 0.5) is 0 Å². The second-order valence-corrected chi connectivity index (χ2v) is 0.610. The van der Waals surface area contributed by atoms with Crippen molar-refractivity contribution < 1.29 is 40.9 Å². The van der Waals surface area contributed by atoms with E-state index in [1.54, 1.807) is 0 Å². The fraction of sp³-hybridized carbons (Fsp3) is 0. The van der Waals surface area contributed by atoms with Crippen molar-refractivity contribution in [3.8, 4) is 0 Å². The van der Waals surface area contributed by atoms with E-state index in [1.807, 2.05) is 0 Å². The van der Waals surface area contributed by atoms with E-state index < -0.39 is 11.9 Å². The van der Waals surface area contributed by atoms with Gasteiger partial charge < -0.3 is 23.8 Å². The Morgan fingerprint density at radius 2 is 1.11 bits per heavy atom. The van der Waals surface area contributed by atoms with E-state index in [2.05, 4.69) is 0 Å². The van der Waals surface area contributed by atoms with Gasteiger partial charge in [0.1, 0.15) is 0 Å². The van der Waals surface area contributed by atoms with Crippen LogP contribution < -0.4 is 0 Å². The van der Waals surface area contributed by atoms with Gasteiger partial charge in [0.2, 0.25) is 0 Å². The first-order chi connectivity index (χ1) is 2.64. The molecule has 0 fully saturated rings. The molecule has 58 valence electrons. The standard InChI is InChI=1S/C2H2O4.CH3.H2N.Pt/c3-1(4)2(5)6;;;/h(H,3,4)(H,5,6);1H3;1H2;/q;2*-1;+2. The molecule has 0 aliphatic rings. The van der Waals surface area contributed by atoms with E-state index in [-0.39, 0.29) is 34.6 Å². The second kappa shape index (κ2) is 10.5. The number of aliphatic carboxylic acids is 2. The molecule has 0 spiro atoms. The van der Waals surface area contributed by atoms with Crippen molar-refractivity contribution in [2.24, 2.45) is 0 Å². The molecule has 0 rings (SSSR count). The third-order valence-electron chi connectivity index (χ3n) is 0.183. The SMILES string of the molecule is O=C(O)C(=O)O.[CH3-].[NH2-].[Pt+2]. The van der Waals surface area contributed by atoms with Crippen molar-refractivity contribution in [3.05, 3.63) is 13.6 Å². The monoisotopic (exact) mass is 316 g/mol. The van der Waals surface area contributed by atoms with Crippen LogP contribution in [-0.2, 0) is 30.7 Å². The summed E-state index contributed by atoms with van der Waals surface area (Å²) >= 11 is 0. The van der Waals surface area contributed by atoms with E-state index in [1.165, 1.54) is 0 Å². The van der Waals surface area contributed by atoms with Crippen molar-refractivity contribution in [3.63, 3.8) is 0 Å². The first-order valence-corrected chi connectivity index (χ1v) is 1.11. The molecular weight excluding hydrogens is 309 g/mol. The Morgan fingerprint density at radius 1 is 1.00 bits per heavy atom. The van der Waals surface area contributed by atoms with Gasteiger partial charge in [0.05, 0.1) is 0 Å². The molecule has 0 unspecified atom stereocenters. The minimum absolute atomic E-state index is 0. The van der Waals surface area contributed by atoms with Gasteiger partial charge >= 0.3 is 33.0 Å². The predicted molar refractivity (Wildman–Crippen MR) is 27.0 cm³/mol. The average molecular weight is 316 g/mol. The van der Waals surface area contributed by atoms with Crippen LogP contribution in [0.5, 0.6) is 0 Å². The Labute approximate surface area is 66.9 Å². The minimum atomic E-state index is -1.82. The third kappa shape index (κ3) is 18.4. The van der Waals surface area contributed by atoms with Crippen LogP contribution in [0.2, 0.25) is 0 Å². The number of nitrogens with two attached hydrogens (primary N) is 1. The Morgan fingerprint density at radius 3 is 1.11 bits per heavy atom. The fourth-order valence-electron chi connectivity index (χ4n) is 0. The fourth-order valence-corrected chi connectivity index (χ4v) is 0. The molecule has 6 heteroatoms. The minimum Gasteiger partial charge on any atom is -0.693 e. The molecule has 0 aromatic rings. The summed E-state index contributed by atoms with van der Waals surface area (Å²) < 4.78 is 0. The molecule has 0 aromatic carbocycles. The van der Waals surface area contributed by atoms with Crippen molar-refractivity contribution in [1.82, 2.24) is 0 Å². The van der Waals surface area contributed by atoms with Gasteiger partial charge in [0.25, 0.3) is 0 Å². The zero-order valence-corrected chi connectivity index (χ0v) is 6.88. The van der Waals surface area contributed by atoms with E-state index in [4.69, 9.17) is 19.8 Å². The van der Waals surface area contributed by atoms with Gasteiger partial charge in [-0.25, -0.2) is 9.59 Å². The molecule has 5 nitrogen and oxygen atoms in total. The number of carboxylic acids is 2. The second-order valence-electron chi connectivity index (χ2n) is 0.610. The predicted octanol–water partition coefficient (Wildman–Crippen LogP) is 0.320.